The first-order chi connectivity index (χ1) is 26.6. The highest BCUT2D eigenvalue weighted by atomic mass is 32.1. The van der Waals surface area contributed by atoms with Crippen molar-refractivity contribution in [2.24, 2.45) is 0 Å². The molecule has 2 saturated heterocycles. The van der Waals surface area contributed by atoms with E-state index in [4.69, 9.17) is 18.9 Å². The predicted molar refractivity (Wildman–Crippen MR) is 222 cm³/mol. The third kappa shape index (κ3) is 8.86. The molecule has 8 rings (SSSR count). The maximum atomic E-state index is 12.9. The van der Waals surface area contributed by atoms with Crippen LogP contribution in [-0.4, -0.2) is 110 Å². The normalized spacial score (nSPS) is 16.5. The van der Waals surface area contributed by atoms with Crippen LogP contribution < -0.4 is 9.47 Å². The first kappa shape index (κ1) is 39.2. The van der Waals surface area contributed by atoms with Crippen LogP contribution in [0.15, 0.2) is 72.8 Å². The summed E-state index contributed by atoms with van der Waals surface area (Å²) < 4.78 is 26.0. The number of morpholine rings is 2. The van der Waals surface area contributed by atoms with Crippen LogP contribution in [0.25, 0.3) is 20.4 Å². The van der Waals surface area contributed by atoms with E-state index in [2.05, 4.69) is 51.0 Å². The molecule has 55 heavy (non-hydrogen) atoms. The maximum absolute atomic E-state index is 12.9. The summed E-state index contributed by atoms with van der Waals surface area (Å²) in [6, 6.07) is 23.5. The van der Waals surface area contributed by atoms with Gasteiger partial charge in [0.2, 0.25) is 5.78 Å². The van der Waals surface area contributed by atoms with Crippen LogP contribution in [0, 0.1) is 13.8 Å². The molecule has 0 amide bonds. The van der Waals surface area contributed by atoms with Crippen molar-refractivity contribution in [1.29, 1.82) is 0 Å². The second kappa shape index (κ2) is 17.4. The largest absolute Gasteiger partial charge is 0.497 e. The molecule has 0 aliphatic carbocycles. The van der Waals surface area contributed by atoms with E-state index < -0.39 is 5.60 Å². The second-order valence-corrected chi connectivity index (χ2v) is 16.4. The van der Waals surface area contributed by atoms with E-state index in [9.17, 15) is 9.90 Å². The molecule has 0 bridgehead atoms. The van der Waals surface area contributed by atoms with Crippen molar-refractivity contribution >= 4 is 48.9 Å². The fourth-order valence-corrected chi connectivity index (χ4v) is 9.81. The van der Waals surface area contributed by atoms with Gasteiger partial charge >= 0.3 is 0 Å². The van der Waals surface area contributed by atoms with E-state index in [1.54, 1.807) is 36.9 Å². The molecule has 0 radical (unpaired) electrons. The summed E-state index contributed by atoms with van der Waals surface area (Å²) in [6.45, 7) is 17.4. The molecule has 12 heteroatoms. The summed E-state index contributed by atoms with van der Waals surface area (Å²) in [5.41, 5.74) is 3.04. The van der Waals surface area contributed by atoms with Gasteiger partial charge in [-0.1, -0.05) is 12.1 Å². The fourth-order valence-electron chi connectivity index (χ4n) is 7.33. The number of ketones is 1. The molecule has 2 fully saturated rings. The Bertz CT molecular complexity index is 2190. The minimum atomic E-state index is -1.03. The molecule has 0 saturated carbocycles. The number of aromatic nitrogens is 2. The number of aryl methyl sites for hydroxylation is 2. The minimum absolute atomic E-state index is 0.0660. The van der Waals surface area contributed by atoms with E-state index >= 15 is 0 Å². The summed E-state index contributed by atoms with van der Waals surface area (Å²) in [6.07, 6.45) is 0. The van der Waals surface area contributed by atoms with Gasteiger partial charge in [0.15, 0.2) is 0 Å². The molecular formula is C43H52N4O6S2. The molecule has 0 spiro atoms. The lowest BCUT2D eigenvalue weighted by Crippen LogP contribution is -2.38. The molecule has 1 unspecified atom stereocenters. The van der Waals surface area contributed by atoms with Gasteiger partial charge in [0, 0.05) is 85.0 Å². The van der Waals surface area contributed by atoms with Crippen molar-refractivity contribution in [3.8, 4) is 11.5 Å². The Morgan fingerprint density at radius 1 is 0.691 bits per heavy atom. The second-order valence-electron chi connectivity index (χ2n) is 14.4. The van der Waals surface area contributed by atoms with Gasteiger partial charge in [0.05, 0.1) is 45.5 Å². The lowest BCUT2D eigenvalue weighted by Gasteiger charge is -2.27. The summed E-state index contributed by atoms with van der Waals surface area (Å²) in [5.74, 6) is 1.62. The highest BCUT2D eigenvalue weighted by Crippen LogP contribution is 2.39. The van der Waals surface area contributed by atoms with Crippen LogP contribution in [0.3, 0.4) is 0 Å². The van der Waals surface area contributed by atoms with Crippen LogP contribution in [0.5, 0.6) is 11.5 Å². The van der Waals surface area contributed by atoms with Crippen LogP contribution in [0.1, 0.15) is 44.0 Å². The first-order valence-corrected chi connectivity index (χ1v) is 20.6. The summed E-state index contributed by atoms with van der Waals surface area (Å²) in [7, 11) is 3.28. The van der Waals surface area contributed by atoms with Gasteiger partial charge in [-0.15, -0.1) is 22.7 Å². The number of hydrogen-bond acceptors (Lipinski definition) is 10. The number of rotatable bonds is 12. The lowest BCUT2D eigenvalue weighted by molar-refractivity contribution is 0.0364. The van der Waals surface area contributed by atoms with Crippen LogP contribution in [-0.2, 0) is 28.2 Å². The molecule has 6 heterocycles. The van der Waals surface area contributed by atoms with Crippen molar-refractivity contribution < 1.29 is 28.8 Å². The van der Waals surface area contributed by atoms with Crippen molar-refractivity contribution in [2.45, 2.75) is 39.5 Å². The molecule has 6 aromatic rings. The SMILES string of the molecule is COc1ccc(C(=O)c2cc3cc(C)n(CCN4CCOCC4)c3s2)cc1.COc1ccc(C(C)(O)c2cc3cc(C)n(CCN4CCOCC4)c3s2)cc1. The summed E-state index contributed by atoms with van der Waals surface area (Å²) >= 11 is 3.26. The quantitative estimate of drug-likeness (QED) is 0.131. The van der Waals surface area contributed by atoms with E-state index in [-0.39, 0.29) is 5.78 Å². The number of hydrogen-bond donors (Lipinski definition) is 1. The van der Waals surface area contributed by atoms with Gasteiger partial charge in [0.1, 0.15) is 26.8 Å². The lowest BCUT2D eigenvalue weighted by atomic mass is 9.94. The molecule has 10 nitrogen and oxygen atoms in total. The van der Waals surface area contributed by atoms with Gasteiger partial charge < -0.3 is 33.2 Å². The molecule has 2 aliphatic heterocycles. The van der Waals surface area contributed by atoms with E-state index in [1.807, 2.05) is 61.5 Å². The number of methoxy groups -OCH3 is 2. The Balaban J connectivity index is 0.000000169. The van der Waals surface area contributed by atoms with E-state index in [0.717, 1.165) is 111 Å². The standard InChI is InChI=1S/C22H28N2O3S.C21H24N2O3S/c1-16-14-17-15-20(22(2,25)18-4-6-19(26-3)7-5-18)28-21(17)24(16)9-8-23-10-12-27-13-11-23;1-15-13-17-14-19(20(24)16-3-5-18(25-2)6-4-16)27-21(17)23(15)8-7-22-9-11-26-12-10-22/h4-7,14-15,25H,8-13H2,1-3H3;3-6,13-14H,7-12H2,1-2H3. The summed E-state index contributed by atoms with van der Waals surface area (Å²) in [4.78, 5) is 21.9. The number of benzene rings is 2. The Morgan fingerprint density at radius 2 is 1.16 bits per heavy atom. The smallest absolute Gasteiger partial charge is 0.203 e. The van der Waals surface area contributed by atoms with Gasteiger partial charge in [0.25, 0.3) is 0 Å². The molecule has 2 aromatic carbocycles. The van der Waals surface area contributed by atoms with Crippen molar-refractivity contribution in [3.05, 3.63) is 105 Å². The highest BCUT2D eigenvalue weighted by molar-refractivity contribution is 7.20. The van der Waals surface area contributed by atoms with Gasteiger partial charge in [-0.25, -0.2) is 0 Å². The summed E-state index contributed by atoms with van der Waals surface area (Å²) in [5, 5.41) is 13.6. The molecular weight excluding hydrogens is 733 g/mol. The zero-order chi connectivity index (χ0) is 38.5. The van der Waals surface area contributed by atoms with Gasteiger partial charge in [-0.3, -0.25) is 14.6 Å². The monoisotopic (exact) mass is 784 g/mol. The van der Waals surface area contributed by atoms with Crippen molar-refractivity contribution in [2.75, 3.05) is 79.9 Å². The molecule has 2 aliphatic rings. The first-order valence-electron chi connectivity index (χ1n) is 19.0. The average molecular weight is 785 g/mol. The number of thiophene rings is 2. The van der Waals surface area contributed by atoms with Crippen molar-refractivity contribution in [1.82, 2.24) is 18.9 Å². The molecule has 292 valence electrons. The Hall–Kier alpha value is -4.01. The predicted octanol–water partition coefficient (Wildman–Crippen LogP) is 7.19. The van der Waals surface area contributed by atoms with Crippen LogP contribution in [0.2, 0.25) is 0 Å². The number of aliphatic hydroxyl groups is 1. The number of ether oxygens (including phenoxy) is 4. The molecule has 1 atom stereocenters. The molecule has 4 aromatic heterocycles. The van der Waals surface area contributed by atoms with Crippen molar-refractivity contribution in [3.63, 3.8) is 0 Å². The topological polar surface area (TPSA) is 90.6 Å². The number of carbonyl (C=O) groups excluding carboxylic acids is 1. The number of nitrogens with zero attached hydrogens (tertiary/aromatic N) is 4. The number of carbonyl (C=O) groups is 1. The van der Waals surface area contributed by atoms with Gasteiger partial charge in [-0.05, 0) is 87.0 Å². The fraction of sp³-hybridized carbons (Fsp3) is 0.419. The van der Waals surface area contributed by atoms with E-state index in [0.29, 0.717) is 5.56 Å². The molecule has 1 N–H and O–H groups in total. The van der Waals surface area contributed by atoms with Gasteiger partial charge in [-0.2, -0.15) is 0 Å². The Morgan fingerprint density at radius 3 is 1.67 bits per heavy atom. The van der Waals surface area contributed by atoms with Crippen LogP contribution >= 0.6 is 22.7 Å². The highest BCUT2D eigenvalue weighted by Gasteiger charge is 2.29. The maximum Gasteiger partial charge on any atom is 0.203 e. The Kier molecular flexibility index (Phi) is 12.4. The zero-order valence-corrected chi connectivity index (χ0v) is 34.1. The zero-order valence-electron chi connectivity index (χ0n) is 32.5. The number of fused-ring (bicyclic) bond motifs is 2. The third-order valence-electron chi connectivity index (χ3n) is 10.7. The Labute approximate surface area is 331 Å². The van der Waals surface area contributed by atoms with Crippen LogP contribution in [0.4, 0.5) is 0 Å². The third-order valence-corrected chi connectivity index (χ3v) is 13.3. The minimum Gasteiger partial charge on any atom is -0.497 e. The van der Waals surface area contributed by atoms with E-state index in [1.165, 1.54) is 26.4 Å². The average Bonchev–Trinajstić information content (AvgIpc) is 3.97.